The van der Waals surface area contributed by atoms with E-state index in [0.29, 0.717) is 12.1 Å². The minimum atomic E-state index is -0.605. The summed E-state index contributed by atoms with van der Waals surface area (Å²) in [6.07, 6.45) is 0.793. The molecule has 0 aliphatic heterocycles. The largest absolute Gasteiger partial charge is 0.443 e. The van der Waals surface area contributed by atoms with Crippen molar-refractivity contribution in [1.82, 2.24) is 4.98 Å². The summed E-state index contributed by atoms with van der Waals surface area (Å²) in [6, 6.07) is 5.50. The lowest BCUT2D eigenvalue weighted by Gasteiger charge is -2.29. The molecule has 0 amide bonds. The summed E-state index contributed by atoms with van der Waals surface area (Å²) in [4.78, 5) is 4.03. The SMILES string of the molecule is CC(C)(CN)C(O)c1ccc2ncoc2c1. The van der Waals surface area contributed by atoms with E-state index in [1.54, 1.807) is 0 Å². The van der Waals surface area contributed by atoms with Crippen molar-refractivity contribution in [2.45, 2.75) is 20.0 Å². The number of hydrogen-bond acceptors (Lipinski definition) is 4. The molecule has 3 N–H and O–H groups in total. The van der Waals surface area contributed by atoms with Gasteiger partial charge in [-0.1, -0.05) is 19.9 Å². The van der Waals surface area contributed by atoms with Crippen LogP contribution in [0.25, 0.3) is 11.1 Å². The van der Waals surface area contributed by atoms with Gasteiger partial charge in [-0.25, -0.2) is 4.98 Å². The zero-order valence-corrected chi connectivity index (χ0v) is 9.47. The Kier molecular flexibility index (Phi) is 2.69. The fourth-order valence-electron chi connectivity index (χ4n) is 1.60. The summed E-state index contributed by atoms with van der Waals surface area (Å²) in [6.45, 7) is 4.28. The van der Waals surface area contributed by atoms with E-state index in [1.807, 2.05) is 32.0 Å². The van der Waals surface area contributed by atoms with Gasteiger partial charge in [0.05, 0.1) is 6.10 Å². The Hall–Kier alpha value is -1.39. The van der Waals surface area contributed by atoms with Crippen molar-refractivity contribution in [2.75, 3.05) is 6.54 Å². The van der Waals surface area contributed by atoms with Gasteiger partial charge in [0.1, 0.15) is 5.52 Å². The quantitative estimate of drug-likeness (QED) is 0.828. The Balaban J connectivity index is 2.39. The second kappa shape index (κ2) is 3.88. The van der Waals surface area contributed by atoms with Crippen molar-refractivity contribution < 1.29 is 9.52 Å². The van der Waals surface area contributed by atoms with E-state index in [2.05, 4.69) is 4.98 Å². The van der Waals surface area contributed by atoms with Crippen LogP contribution in [0.3, 0.4) is 0 Å². The fraction of sp³-hybridized carbons (Fsp3) is 0.417. The number of aliphatic hydroxyl groups is 1. The average molecular weight is 220 g/mol. The highest BCUT2D eigenvalue weighted by atomic mass is 16.3. The van der Waals surface area contributed by atoms with Gasteiger partial charge >= 0.3 is 0 Å². The van der Waals surface area contributed by atoms with E-state index in [0.717, 1.165) is 11.1 Å². The molecule has 0 bridgehead atoms. The molecule has 0 fully saturated rings. The van der Waals surface area contributed by atoms with Gasteiger partial charge in [-0.3, -0.25) is 0 Å². The van der Waals surface area contributed by atoms with Crippen LogP contribution in [0.2, 0.25) is 0 Å². The lowest BCUT2D eigenvalue weighted by atomic mass is 9.83. The average Bonchev–Trinajstić information content (AvgIpc) is 2.74. The van der Waals surface area contributed by atoms with E-state index >= 15 is 0 Å². The van der Waals surface area contributed by atoms with E-state index in [4.69, 9.17) is 10.2 Å². The minimum absolute atomic E-state index is 0.353. The highest BCUT2D eigenvalue weighted by Crippen LogP contribution is 2.33. The summed E-state index contributed by atoms with van der Waals surface area (Å²) >= 11 is 0. The van der Waals surface area contributed by atoms with Crippen LogP contribution in [0.15, 0.2) is 29.0 Å². The van der Waals surface area contributed by atoms with E-state index < -0.39 is 6.10 Å². The van der Waals surface area contributed by atoms with Gasteiger partial charge in [0.2, 0.25) is 0 Å². The van der Waals surface area contributed by atoms with Gasteiger partial charge < -0.3 is 15.3 Å². The molecule has 86 valence electrons. The Morgan fingerprint density at radius 1 is 1.50 bits per heavy atom. The third-order valence-corrected chi connectivity index (χ3v) is 2.94. The second-order valence-electron chi connectivity index (χ2n) is 4.67. The molecule has 4 heteroatoms. The molecule has 0 aliphatic rings. The van der Waals surface area contributed by atoms with Crippen LogP contribution in [0.5, 0.6) is 0 Å². The van der Waals surface area contributed by atoms with Crippen molar-refractivity contribution in [3.63, 3.8) is 0 Å². The smallest absolute Gasteiger partial charge is 0.181 e. The van der Waals surface area contributed by atoms with Gasteiger partial charge in [-0.2, -0.15) is 0 Å². The summed E-state index contributed by atoms with van der Waals surface area (Å²) in [7, 11) is 0. The molecule has 1 aromatic heterocycles. The number of nitrogens with zero attached hydrogens (tertiary/aromatic N) is 1. The molecule has 0 radical (unpaired) electrons. The topological polar surface area (TPSA) is 72.3 Å². The van der Waals surface area contributed by atoms with Gasteiger partial charge in [0, 0.05) is 12.0 Å². The van der Waals surface area contributed by atoms with Crippen LogP contribution in [0.4, 0.5) is 0 Å². The first-order valence-electron chi connectivity index (χ1n) is 5.26. The van der Waals surface area contributed by atoms with Gasteiger partial charge in [-0.05, 0) is 17.7 Å². The maximum atomic E-state index is 10.2. The number of rotatable bonds is 3. The summed E-state index contributed by atoms with van der Waals surface area (Å²) in [5.74, 6) is 0. The Bertz CT molecular complexity index is 490. The molecule has 1 atom stereocenters. The zero-order chi connectivity index (χ0) is 11.8. The summed E-state index contributed by atoms with van der Waals surface area (Å²) in [5.41, 5.74) is 7.57. The first-order chi connectivity index (χ1) is 7.54. The lowest BCUT2D eigenvalue weighted by Crippen LogP contribution is -2.30. The second-order valence-corrected chi connectivity index (χ2v) is 4.67. The predicted octanol–water partition coefficient (Wildman–Crippen LogP) is 1.85. The van der Waals surface area contributed by atoms with Crippen LogP contribution in [0, 0.1) is 5.41 Å². The molecule has 1 unspecified atom stereocenters. The summed E-state index contributed by atoms with van der Waals surface area (Å²) < 4.78 is 5.20. The molecule has 2 rings (SSSR count). The fourth-order valence-corrected chi connectivity index (χ4v) is 1.60. The number of hydrogen-bond donors (Lipinski definition) is 2. The molecular weight excluding hydrogens is 204 g/mol. The van der Waals surface area contributed by atoms with Crippen molar-refractivity contribution >= 4 is 11.1 Å². The molecule has 4 nitrogen and oxygen atoms in total. The van der Waals surface area contributed by atoms with Crippen LogP contribution in [-0.4, -0.2) is 16.6 Å². The number of aromatic nitrogens is 1. The Labute approximate surface area is 94.1 Å². The van der Waals surface area contributed by atoms with Gasteiger partial charge in [0.25, 0.3) is 0 Å². The highest BCUT2D eigenvalue weighted by Gasteiger charge is 2.27. The van der Waals surface area contributed by atoms with Crippen LogP contribution < -0.4 is 5.73 Å². The number of oxazole rings is 1. The first-order valence-corrected chi connectivity index (χ1v) is 5.26. The standard InChI is InChI=1S/C12H16N2O2/c1-12(2,6-13)11(15)8-3-4-9-10(5-8)16-7-14-9/h3-5,7,11,15H,6,13H2,1-2H3. The van der Waals surface area contributed by atoms with E-state index in [1.165, 1.54) is 6.39 Å². The van der Waals surface area contributed by atoms with Crippen molar-refractivity contribution in [1.29, 1.82) is 0 Å². The molecule has 0 saturated heterocycles. The zero-order valence-electron chi connectivity index (χ0n) is 9.47. The van der Waals surface area contributed by atoms with Crippen molar-refractivity contribution in [2.24, 2.45) is 11.1 Å². The molecular formula is C12H16N2O2. The molecule has 1 heterocycles. The minimum Gasteiger partial charge on any atom is -0.443 e. The van der Waals surface area contributed by atoms with Crippen molar-refractivity contribution in [3.8, 4) is 0 Å². The lowest BCUT2D eigenvalue weighted by molar-refractivity contribution is 0.0556. The van der Waals surface area contributed by atoms with Crippen LogP contribution in [-0.2, 0) is 0 Å². The normalized spacial score (nSPS) is 14.2. The maximum absolute atomic E-state index is 10.2. The molecule has 0 saturated carbocycles. The van der Waals surface area contributed by atoms with Crippen LogP contribution >= 0.6 is 0 Å². The van der Waals surface area contributed by atoms with E-state index in [-0.39, 0.29) is 5.41 Å². The maximum Gasteiger partial charge on any atom is 0.181 e. The van der Waals surface area contributed by atoms with Crippen molar-refractivity contribution in [3.05, 3.63) is 30.2 Å². The predicted molar refractivity (Wildman–Crippen MR) is 61.8 cm³/mol. The molecule has 2 aromatic rings. The third kappa shape index (κ3) is 1.81. The number of nitrogens with two attached hydrogens (primary N) is 1. The third-order valence-electron chi connectivity index (χ3n) is 2.94. The van der Waals surface area contributed by atoms with Gasteiger partial charge in [-0.15, -0.1) is 0 Å². The monoisotopic (exact) mass is 220 g/mol. The Morgan fingerprint density at radius 2 is 2.25 bits per heavy atom. The molecule has 0 aliphatic carbocycles. The number of aliphatic hydroxyl groups excluding tert-OH is 1. The molecule has 0 spiro atoms. The highest BCUT2D eigenvalue weighted by molar-refractivity contribution is 5.72. The van der Waals surface area contributed by atoms with E-state index in [9.17, 15) is 5.11 Å². The Morgan fingerprint density at radius 3 is 2.94 bits per heavy atom. The summed E-state index contributed by atoms with van der Waals surface area (Å²) in [5, 5.41) is 10.2. The van der Waals surface area contributed by atoms with Gasteiger partial charge in [0.15, 0.2) is 12.0 Å². The van der Waals surface area contributed by atoms with Crippen LogP contribution in [0.1, 0.15) is 25.5 Å². The number of fused-ring (bicyclic) bond motifs is 1. The molecule has 16 heavy (non-hydrogen) atoms. The first kappa shape index (κ1) is 11.1. The molecule has 1 aromatic carbocycles. The number of benzene rings is 1.